The highest BCUT2D eigenvalue weighted by atomic mass is 35.5. The number of carbonyl (C=O) groups is 1. The molecule has 0 spiro atoms. The van der Waals surface area contributed by atoms with E-state index in [0.717, 1.165) is 36.7 Å². The molecule has 1 saturated carbocycles. The Labute approximate surface area is 211 Å². The van der Waals surface area contributed by atoms with Gasteiger partial charge in [0.2, 0.25) is 0 Å². The highest BCUT2D eigenvalue weighted by molar-refractivity contribution is 6.30. The van der Waals surface area contributed by atoms with Crippen LogP contribution < -0.4 is 11.0 Å². The highest BCUT2D eigenvalue weighted by Crippen LogP contribution is 2.27. The molecule has 1 aliphatic carbocycles. The van der Waals surface area contributed by atoms with Gasteiger partial charge in [0, 0.05) is 18.8 Å². The van der Waals surface area contributed by atoms with Gasteiger partial charge >= 0.3 is 5.69 Å². The number of fused-ring (bicyclic) bond motifs is 1. The Hall–Kier alpha value is -3.23. The van der Waals surface area contributed by atoms with Gasteiger partial charge < -0.3 is 5.32 Å². The Balaban J connectivity index is 1.30. The van der Waals surface area contributed by atoms with E-state index < -0.39 is 0 Å². The van der Waals surface area contributed by atoms with Crippen LogP contribution in [0.5, 0.6) is 0 Å². The molecule has 3 aromatic heterocycles. The van der Waals surface area contributed by atoms with E-state index in [-0.39, 0.29) is 22.8 Å². The largest absolute Gasteiger partial charge is 0.349 e. The lowest BCUT2D eigenvalue weighted by atomic mass is 9.85. The summed E-state index contributed by atoms with van der Waals surface area (Å²) < 4.78 is 3.39. The molecule has 1 fully saturated rings. The highest BCUT2D eigenvalue weighted by Gasteiger charge is 2.26. The normalized spacial score (nSPS) is 18.0. The van der Waals surface area contributed by atoms with Crippen LogP contribution in [0.25, 0.3) is 16.9 Å². The molecule has 1 aliphatic rings. The molecule has 1 aromatic carbocycles. The first-order chi connectivity index (χ1) is 16.9. The van der Waals surface area contributed by atoms with Crippen LogP contribution in [0.2, 0.25) is 10.2 Å². The van der Waals surface area contributed by atoms with Crippen molar-refractivity contribution in [3.05, 3.63) is 80.6 Å². The molecular weight excluding hydrogens is 487 g/mol. The third-order valence-electron chi connectivity index (χ3n) is 6.60. The van der Waals surface area contributed by atoms with Crippen LogP contribution in [0.3, 0.4) is 0 Å². The van der Waals surface area contributed by atoms with Crippen LogP contribution >= 0.6 is 23.2 Å². The molecular formula is C25H24Cl2N6O2. The molecule has 10 heteroatoms. The second kappa shape index (κ2) is 9.79. The van der Waals surface area contributed by atoms with Crippen LogP contribution in [0, 0.1) is 12.8 Å². The fourth-order valence-corrected chi connectivity index (χ4v) is 5.04. The van der Waals surface area contributed by atoms with Gasteiger partial charge in [-0.15, -0.1) is 10.2 Å². The molecule has 0 radical (unpaired) electrons. The molecule has 35 heavy (non-hydrogen) atoms. The molecule has 0 unspecified atom stereocenters. The third kappa shape index (κ3) is 4.81. The average molecular weight is 511 g/mol. The van der Waals surface area contributed by atoms with E-state index in [2.05, 4.69) is 20.5 Å². The fourth-order valence-electron chi connectivity index (χ4n) is 4.78. The van der Waals surface area contributed by atoms with E-state index in [1.165, 1.54) is 6.20 Å². The lowest BCUT2D eigenvalue weighted by Crippen LogP contribution is -2.39. The molecule has 4 aromatic rings. The zero-order chi connectivity index (χ0) is 24.5. The van der Waals surface area contributed by atoms with Crippen molar-refractivity contribution in [2.24, 2.45) is 5.92 Å². The monoisotopic (exact) mass is 510 g/mol. The van der Waals surface area contributed by atoms with Crippen LogP contribution in [0.1, 0.15) is 41.7 Å². The summed E-state index contributed by atoms with van der Waals surface area (Å²) in [7, 11) is 0. The minimum absolute atomic E-state index is 0.0829. The summed E-state index contributed by atoms with van der Waals surface area (Å²) in [5.74, 6) is 0.613. The second-order valence-electron chi connectivity index (χ2n) is 8.91. The van der Waals surface area contributed by atoms with Crippen LogP contribution in [-0.4, -0.2) is 36.3 Å². The van der Waals surface area contributed by atoms with Crippen molar-refractivity contribution in [1.29, 1.82) is 0 Å². The maximum absolute atomic E-state index is 13.4. The zero-order valence-electron chi connectivity index (χ0n) is 19.1. The molecule has 1 N–H and O–H groups in total. The minimum Gasteiger partial charge on any atom is -0.349 e. The number of benzene rings is 1. The number of hydrogen-bond acceptors (Lipinski definition) is 5. The number of pyridine rings is 1. The van der Waals surface area contributed by atoms with Crippen molar-refractivity contribution < 1.29 is 4.79 Å². The Bertz CT molecular complexity index is 1440. The number of rotatable bonds is 5. The molecule has 0 aliphatic heterocycles. The van der Waals surface area contributed by atoms with Crippen molar-refractivity contribution in [2.75, 3.05) is 0 Å². The van der Waals surface area contributed by atoms with Gasteiger partial charge in [-0.2, -0.15) is 0 Å². The fraction of sp³-hybridized carbons (Fsp3) is 0.320. The van der Waals surface area contributed by atoms with Crippen molar-refractivity contribution >= 4 is 40.1 Å². The predicted molar refractivity (Wildman–Crippen MR) is 135 cm³/mol. The Morgan fingerprint density at radius 1 is 1.06 bits per heavy atom. The summed E-state index contributed by atoms with van der Waals surface area (Å²) in [5.41, 5.74) is 2.64. The number of carbonyl (C=O) groups excluding carboxylic acids is 1. The number of nitrogens with zero attached hydrogens (tertiary/aromatic N) is 5. The summed E-state index contributed by atoms with van der Waals surface area (Å²) in [5, 5.41) is 11.8. The van der Waals surface area contributed by atoms with E-state index in [4.69, 9.17) is 23.2 Å². The van der Waals surface area contributed by atoms with Gasteiger partial charge in [0.05, 0.1) is 27.3 Å². The summed E-state index contributed by atoms with van der Waals surface area (Å²) in [6, 6.07) is 12.7. The maximum atomic E-state index is 13.4. The maximum Gasteiger partial charge on any atom is 0.334 e. The van der Waals surface area contributed by atoms with Gasteiger partial charge in [-0.05, 0) is 68.9 Å². The number of aromatic nitrogens is 5. The Morgan fingerprint density at radius 3 is 2.51 bits per heavy atom. The SMILES string of the molecule is Cc1ncc(Cl)cc1C(=O)N[C@H]1CC[C@H](Cn2c(=O)n(-c3ccc(Cl)nn3)c3ccccc32)CC1. The quantitative estimate of drug-likeness (QED) is 0.423. The van der Waals surface area contributed by atoms with Gasteiger partial charge in [0.25, 0.3) is 5.91 Å². The lowest BCUT2D eigenvalue weighted by molar-refractivity contribution is 0.0919. The predicted octanol–water partition coefficient (Wildman–Crippen LogP) is 4.58. The molecule has 8 nitrogen and oxygen atoms in total. The summed E-state index contributed by atoms with van der Waals surface area (Å²) in [6.45, 7) is 2.40. The van der Waals surface area contributed by atoms with Gasteiger partial charge in [0.1, 0.15) is 0 Å². The standard InChI is InChI=1S/C25H24Cl2N6O2/c1-15-19(12-17(26)13-28-15)24(34)29-18-8-6-16(7-9-18)14-32-20-4-2-3-5-21(20)33(25(32)35)23-11-10-22(27)30-31-23/h2-5,10-13,16,18H,6-9,14H2,1H3,(H,29,34)/t16-,18-. The first kappa shape index (κ1) is 23.5. The summed E-state index contributed by atoms with van der Waals surface area (Å²) in [6.07, 6.45) is 5.05. The second-order valence-corrected chi connectivity index (χ2v) is 9.73. The molecule has 1 amide bonds. The Morgan fingerprint density at radius 2 is 1.80 bits per heavy atom. The van der Waals surface area contributed by atoms with Crippen molar-refractivity contribution in [2.45, 2.75) is 45.2 Å². The number of imidazole rings is 1. The van der Waals surface area contributed by atoms with Crippen molar-refractivity contribution in [3.8, 4) is 5.82 Å². The van der Waals surface area contributed by atoms with E-state index in [1.807, 2.05) is 28.8 Å². The number of para-hydroxylation sites is 2. The van der Waals surface area contributed by atoms with Crippen LogP contribution in [-0.2, 0) is 6.54 Å². The number of aryl methyl sites for hydroxylation is 1. The molecule has 0 saturated heterocycles. The topological polar surface area (TPSA) is 94.7 Å². The van der Waals surface area contributed by atoms with Crippen LogP contribution in [0.4, 0.5) is 0 Å². The number of amides is 1. The molecule has 5 rings (SSSR count). The zero-order valence-corrected chi connectivity index (χ0v) is 20.6. The van der Waals surface area contributed by atoms with Gasteiger partial charge in [-0.1, -0.05) is 35.3 Å². The molecule has 180 valence electrons. The third-order valence-corrected chi connectivity index (χ3v) is 7.01. The number of hydrogen-bond donors (Lipinski definition) is 1. The van der Waals surface area contributed by atoms with E-state index in [1.54, 1.807) is 29.7 Å². The number of halogens is 2. The first-order valence-corrected chi connectivity index (χ1v) is 12.3. The van der Waals surface area contributed by atoms with Crippen molar-refractivity contribution in [1.82, 2.24) is 29.6 Å². The summed E-state index contributed by atoms with van der Waals surface area (Å²) in [4.78, 5) is 30.3. The minimum atomic E-state index is -0.151. The average Bonchev–Trinajstić information content (AvgIpc) is 3.13. The van der Waals surface area contributed by atoms with E-state index >= 15 is 0 Å². The first-order valence-electron chi connectivity index (χ1n) is 11.5. The van der Waals surface area contributed by atoms with Crippen LogP contribution in [0.15, 0.2) is 53.5 Å². The lowest BCUT2D eigenvalue weighted by Gasteiger charge is -2.29. The molecule has 0 bridgehead atoms. The summed E-state index contributed by atoms with van der Waals surface area (Å²) >= 11 is 11.9. The molecule has 0 atom stereocenters. The Kier molecular flexibility index (Phi) is 6.58. The molecule has 3 heterocycles. The van der Waals surface area contributed by atoms with Gasteiger partial charge in [-0.3, -0.25) is 14.3 Å². The van der Waals surface area contributed by atoms with E-state index in [9.17, 15) is 9.59 Å². The number of nitrogens with one attached hydrogen (secondary N) is 1. The van der Waals surface area contributed by atoms with Gasteiger partial charge in [0.15, 0.2) is 11.0 Å². The van der Waals surface area contributed by atoms with Crippen molar-refractivity contribution in [3.63, 3.8) is 0 Å². The van der Waals surface area contributed by atoms with Gasteiger partial charge in [-0.25, -0.2) is 9.36 Å². The smallest absolute Gasteiger partial charge is 0.334 e. The van der Waals surface area contributed by atoms with E-state index in [0.29, 0.717) is 34.6 Å².